The first-order chi connectivity index (χ1) is 11.0. The van der Waals surface area contributed by atoms with Crippen LogP contribution in [-0.2, 0) is 11.2 Å². The Morgan fingerprint density at radius 2 is 1.87 bits per heavy atom. The molecule has 0 fully saturated rings. The Bertz CT molecular complexity index is 640. The van der Waals surface area contributed by atoms with Gasteiger partial charge in [0.15, 0.2) is 0 Å². The van der Waals surface area contributed by atoms with Crippen molar-refractivity contribution in [3.63, 3.8) is 0 Å². The summed E-state index contributed by atoms with van der Waals surface area (Å²) in [5.41, 5.74) is 4.48. The van der Waals surface area contributed by atoms with E-state index in [0.717, 1.165) is 30.8 Å². The molecule has 0 saturated heterocycles. The van der Waals surface area contributed by atoms with E-state index >= 15 is 0 Å². The number of benzene rings is 1. The first-order valence-electron chi connectivity index (χ1n) is 7.99. The van der Waals surface area contributed by atoms with Crippen LogP contribution in [0, 0.1) is 13.8 Å². The number of carbonyl (C=O) groups is 1. The molecule has 122 valence electrons. The maximum Gasteiger partial charge on any atom is 0.225 e. The van der Waals surface area contributed by atoms with Crippen LogP contribution in [0.15, 0.2) is 42.7 Å². The molecule has 23 heavy (non-hydrogen) atoms. The van der Waals surface area contributed by atoms with Crippen LogP contribution in [0.4, 0.5) is 5.69 Å². The number of nitrogens with zero attached hydrogens (tertiary/aromatic N) is 2. The zero-order valence-electron chi connectivity index (χ0n) is 14.2. The van der Waals surface area contributed by atoms with Crippen molar-refractivity contribution >= 4 is 11.6 Å². The molecule has 1 aromatic heterocycles. The molecule has 0 aliphatic carbocycles. The topological polar surface area (TPSA) is 45.2 Å². The van der Waals surface area contributed by atoms with Crippen LogP contribution in [0.5, 0.6) is 0 Å². The number of pyridine rings is 1. The van der Waals surface area contributed by atoms with Crippen molar-refractivity contribution in [2.75, 3.05) is 25.5 Å². The molecule has 1 heterocycles. The summed E-state index contributed by atoms with van der Waals surface area (Å²) in [6.07, 6.45) is 5.09. The summed E-state index contributed by atoms with van der Waals surface area (Å²) in [5.74, 6) is 0.0627. The second-order valence-electron chi connectivity index (χ2n) is 6.03. The van der Waals surface area contributed by atoms with E-state index in [4.69, 9.17) is 0 Å². The lowest BCUT2D eigenvalue weighted by Crippen LogP contribution is -2.26. The number of aromatic nitrogens is 1. The Balaban J connectivity index is 1.73. The normalized spacial score (nSPS) is 10.8. The molecule has 0 aliphatic rings. The fraction of sp³-hybridized carbons (Fsp3) is 0.368. The first-order valence-corrected chi connectivity index (χ1v) is 7.99. The quantitative estimate of drug-likeness (QED) is 0.854. The lowest BCUT2D eigenvalue weighted by molar-refractivity contribution is -0.116. The van der Waals surface area contributed by atoms with Crippen molar-refractivity contribution in [2.24, 2.45) is 0 Å². The van der Waals surface area contributed by atoms with E-state index in [9.17, 15) is 4.79 Å². The van der Waals surface area contributed by atoms with E-state index in [2.05, 4.69) is 28.2 Å². The molecular weight excluding hydrogens is 286 g/mol. The number of hydrogen-bond acceptors (Lipinski definition) is 3. The van der Waals surface area contributed by atoms with E-state index in [1.807, 2.05) is 50.6 Å². The van der Waals surface area contributed by atoms with E-state index < -0.39 is 0 Å². The first kappa shape index (κ1) is 17.2. The number of anilines is 1. The van der Waals surface area contributed by atoms with Crippen molar-refractivity contribution in [1.82, 2.24) is 9.88 Å². The van der Waals surface area contributed by atoms with Gasteiger partial charge < -0.3 is 10.2 Å². The van der Waals surface area contributed by atoms with Gasteiger partial charge in [-0.25, -0.2) is 0 Å². The van der Waals surface area contributed by atoms with E-state index in [1.54, 1.807) is 0 Å². The number of hydrogen-bond donors (Lipinski definition) is 1. The van der Waals surface area contributed by atoms with Crippen LogP contribution >= 0.6 is 0 Å². The van der Waals surface area contributed by atoms with Crippen LogP contribution in [0.2, 0.25) is 0 Å². The third-order valence-electron chi connectivity index (χ3n) is 3.91. The molecule has 1 aromatic carbocycles. The maximum absolute atomic E-state index is 12.1. The third kappa shape index (κ3) is 5.83. The van der Waals surface area contributed by atoms with Crippen LogP contribution in [0.3, 0.4) is 0 Å². The molecule has 0 bridgehead atoms. The van der Waals surface area contributed by atoms with Gasteiger partial charge in [0.25, 0.3) is 0 Å². The molecule has 0 aliphatic heterocycles. The number of nitrogens with one attached hydrogen (secondary N) is 1. The van der Waals surface area contributed by atoms with Gasteiger partial charge in [0.05, 0.1) is 0 Å². The molecule has 1 N–H and O–H groups in total. The van der Waals surface area contributed by atoms with E-state index in [1.165, 1.54) is 11.1 Å². The summed E-state index contributed by atoms with van der Waals surface area (Å²) in [4.78, 5) is 18.3. The minimum Gasteiger partial charge on any atom is -0.326 e. The molecule has 1 amide bonds. The van der Waals surface area contributed by atoms with Crippen LogP contribution in [-0.4, -0.2) is 35.9 Å². The van der Waals surface area contributed by atoms with Crippen molar-refractivity contribution < 1.29 is 4.79 Å². The van der Waals surface area contributed by atoms with Gasteiger partial charge in [0, 0.05) is 37.6 Å². The summed E-state index contributed by atoms with van der Waals surface area (Å²) in [6, 6.07) is 10.1. The monoisotopic (exact) mass is 311 g/mol. The Morgan fingerprint density at radius 1 is 1.13 bits per heavy atom. The number of carbonyl (C=O) groups excluding carboxylic acids is 1. The molecule has 2 aromatic rings. The summed E-state index contributed by atoms with van der Waals surface area (Å²) < 4.78 is 0. The summed E-state index contributed by atoms with van der Waals surface area (Å²) >= 11 is 0. The van der Waals surface area contributed by atoms with Crippen molar-refractivity contribution in [3.05, 3.63) is 59.4 Å². The molecule has 0 spiro atoms. The van der Waals surface area contributed by atoms with Gasteiger partial charge in [-0.2, -0.15) is 0 Å². The second-order valence-corrected chi connectivity index (χ2v) is 6.03. The minimum absolute atomic E-state index is 0.0627. The van der Waals surface area contributed by atoms with E-state index in [-0.39, 0.29) is 5.91 Å². The SMILES string of the molecule is Cc1ccc(NC(=O)CCN(C)CCc2ccncc2)c(C)c1. The molecule has 0 atom stereocenters. The number of likely N-dealkylation sites (N-methyl/N-ethyl adjacent to an activating group) is 1. The Kier molecular flexibility index (Phi) is 6.29. The fourth-order valence-corrected chi connectivity index (χ4v) is 2.44. The highest BCUT2D eigenvalue weighted by molar-refractivity contribution is 5.91. The second kappa shape index (κ2) is 8.44. The average molecular weight is 311 g/mol. The minimum atomic E-state index is 0.0627. The van der Waals surface area contributed by atoms with Gasteiger partial charge in [0.1, 0.15) is 0 Å². The molecule has 4 nitrogen and oxygen atoms in total. The van der Waals surface area contributed by atoms with Gasteiger partial charge in [-0.15, -0.1) is 0 Å². The Hall–Kier alpha value is -2.20. The van der Waals surface area contributed by atoms with Crippen molar-refractivity contribution in [1.29, 1.82) is 0 Å². The van der Waals surface area contributed by atoms with Gasteiger partial charge >= 0.3 is 0 Å². The van der Waals surface area contributed by atoms with Gasteiger partial charge in [-0.3, -0.25) is 9.78 Å². The smallest absolute Gasteiger partial charge is 0.225 e. The maximum atomic E-state index is 12.1. The van der Waals surface area contributed by atoms with Crippen molar-refractivity contribution in [2.45, 2.75) is 26.7 Å². The highest BCUT2D eigenvalue weighted by atomic mass is 16.1. The van der Waals surface area contributed by atoms with Crippen LogP contribution in [0.1, 0.15) is 23.1 Å². The molecule has 4 heteroatoms. The molecule has 0 unspecified atom stereocenters. The Morgan fingerprint density at radius 3 is 2.57 bits per heavy atom. The van der Waals surface area contributed by atoms with E-state index in [0.29, 0.717) is 6.42 Å². The van der Waals surface area contributed by atoms with Gasteiger partial charge in [-0.1, -0.05) is 17.7 Å². The molecule has 2 rings (SSSR count). The standard InChI is InChI=1S/C19H25N3O/c1-15-4-5-18(16(2)14-15)21-19(23)9-13-22(3)12-8-17-6-10-20-11-7-17/h4-7,10-11,14H,8-9,12-13H2,1-3H3,(H,21,23). The zero-order valence-corrected chi connectivity index (χ0v) is 14.2. The molecule has 0 saturated carbocycles. The largest absolute Gasteiger partial charge is 0.326 e. The lowest BCUT2D eigenvalue weighted by atomic mass is 10.1. The highest BCUT2D eigenvalue weighted by Crippen LogP contribution is 2.16. The van der Waals surface area contributed by atoms with Crippen LogP contribution < -0.4 is 5.32 Å². The predicted molar refractivity (Wildman–Crippen MR) is 94.6 cm³/mol. The lowest BCUT2D eigenvalue weighted by Gasteiger charge is -2.16. The fourth-order valence-electron chi connectivity index (χ4n) is 2.44. The number of aryl methyl sites for hydroxylation is 2. The highest BCUT2D eigenvalue weighted by Gasteiger charge is 2.07. The predicted octanol–water partition coefficient (Wildman–Crippen LogP) is 3.20. The molecule has 0 radical (unpaired) electrons. The third-order valence-corrected chi connectivity index (χ3v) is 3.91. The van der Waals surface area contributed by atoms with Crippen molar-refractivity contribution in [3.8, 4) is 0 Å². The number of rotatable bonds is 7. The number of amides is 1. The summed E-state index contributed by atoms with van der Waals surface area (Å²) in [5, 5.41) is 2.99. The Labute approximate surface area is 138 Å². The molecular formula is C19H25N3O. The van der Waals surface area contributed by atoms with Gasteiger partial charge in [0.2, 0.25) is 5.91 Å². The zero-order chi connectivity index (χ0) is 16.7. The van der Waals surface area contributed by atoms with Crippen LogP contribution in [0.25, 0.3) is 0 Å². The average Bonchev–Trinajstić information content (AvgIpc) is 2.54. The summed E-state index contributed by atoms with van der Waals surface area (Å²) in [6.45, 7) is 5.75. The van der Waals surface area contributed by atoms with Gasteiger partial charge in [-0.05, 0) is 56.6 Å². The summed E-state index contributed by atoms with van der Waals surface area (Å²) in [7, 11) is 2.05.